The first-order chi connectivity index (χ1) is 20.1. The Morgan fingerprint density at radius 1 is 1.02 bits per heavy atom. The summed E-state index contributed by atoms with van der Waals surface area (Å²) in [5, 5.41) is 14.1. The number of anilines is 1. The molecule has 0 spiro atoms. The molecule has 0 saturated carbocycles. The van der Waals surface area contributed by atoms with Crippen LogP contribution in [0.5, 0.6) is 0 Å². The predicted octanol–water partition coefficient (Wildman–Crippen LogP) is 5.31. The molecule has 3 aliphatic rings. The van der Waals surface area contributed by atoms with Gasteiger partial charge >= 0.3 is 12.1 Å². The Hall–Kier alpha value is -3.01. The number of urea groups is 1. The van der Waals surface area contributed by atoms with E-state index >= 15 is 0 Å². The Bertz CT molecular complexity index is 1320. The molecule has 3 aliphatic heterocycles. The van der Waals surface area contributed by atoms with Crippen molar-refractivity contribution < 1.29 is 19.5 Å². The Morgan fingerprint density at radius 2 is 1.76 bits per heavy atom. The monoisotopic (exact) mass is 615 g/mol. The van der Waals surface area contributed by atoms with Crippen LogP contribution in [0.1, 0.15) is 36.8 Å². The summed E-state index contributed by atoms with van der Waals surface area (Å²) in [6, 6.07) is 12.5. The van der Waals surface area contributed by atoms with Gasteiger partial charge in [0.05, 0.1) is 16.0 Å². The molecule has 2 aromatic carbocycles. The minimum Gasteiger partial charge on any atom is -0.465 e. The third kappa shape index (κ3) is 6.63. The average Bonchev–Trinajstić information content (AvgIpc) is 3.15. The molecule has 2 N–H and O–H groups in total. The Kier molecular flexibility index (Phi) is 9.50. The molecule has 0 aliphatic carbocycles. The normalized spacial score (nSPS) is 22.4. The molecular formula is C31H39Cl2N5O4. The number of rotatable bonds is 6. The van der Waals surface area contributed by atoms with Crippen molar-refractivity contribution in [1.29, 1.82) is 0 Å². The molecule has 4 amide bonds. The molecule has 0 radical (unpaired) electrons. The van der Waals surface area contributed by atoms with E-state index in [2.05, 4.69) is 24.3 Å². The van der Waals surface area contributed by atoms with Gasteiger partial charge in [-0.25, -0.2) is 9.59 Å². The van der Waals surface area contributed by atoms with Gasteiger partial charge in [0.25, 0.3) is 0 Å². The van der Waals surface area contributed by atoms with Crippen molar-refractivity contribution in [2.24, 2.45) is 5.92 Å². The van der Waals surface area contributed by atoms with Gasteiger partial charge in [-0.3, -0.25) is 4.79 Å². The number of fused-ring (bicyclic) bond motifs is 1. The van der Waals surface area contributed by atoms with Crippen LogP contribution in [-0.4, -0.2) is 101 Å². The van der Waals surface area contributed by atoms with E-state index in [9.17, 15) is 19.5 Å². The third-order valence-electron chi connectivity index (χ3n) is 9.17. The summed E-state index contributed by atoms with van der Waals surface area (Å²) >= 11 is 12.5. The number of carbonyl (C=O) groups is 3. The van der Waals surface area contributed by atoms with E-state index in [0.717, 1.165) is 29.7 Å². The highest BCUT2D eigenvalue weighted by molar-refractivity contribution is 6.42. The van der Waals surface area contributed by atoms with E-state index in [1.54, 1.807) is 12.1 Å². The fourth-order valence-electron chi connectivity index (χ4n) is 6.76. The lowest BCUT2D eigenvalue weighted by molar-refractivity contribution is -0.140. The van der Waals surface area contributed by atoms with Crippen molar-refractivity contribution >= 4 is 46.9 Å². The van der Waals surface area contributed by atoms with E-state index in [1.165, 1.54) is 4.90 Å². The van der Waals surface area contributed by atoms with Gasteiger partial charge in [0.1, 0.15) is 0 Å². The van der Waals surface area contributed by atoms with Crippen LogP contribution in [0.2, 0.25) is 10.0 Å². The van der Waals surface area contributed by atoms with Gasteiger partial charge in [0, 0.05) is 50.0 Å². The zero-order valence-corrected chi connectivity index (χ0v) is 25.7. The fraction of sp³-hybridized carbons (Fsp3) is 0.516. The van der Waals surface area contributed by atoms with Crippen LogP contribution in [0.4, 0.5) is 15.3 Å². The van der Waals surface area contributed by atoms with Crippen LogP contribution in [0.15, 0.2) is 42.5 Å². The maximum atomic E-state index is 14.3. The molecule has 11 heteroatoms. The summed E-state index contributed by atoms with van der Waals surface area (Å²) < 4.78 is 0. The van der Waals surface area contributed by atoms with Crippen molar-refractivity contribution in [3.63, 3.8) is 0 Å². The number of para-hydroxylation sites is 1. The smallest absolute Gasteiger partial charge is 0.407 e. The zero-order chi connectivity index (χ0) is 30.0. The summed E-state index contributed by atoms with van der Waals surface area (Å²) in [7, 11) is 4.11. The number of piperidine rings is 2. The summed E-state index contributed by atoms with van der Waals surface area (Å²) in [6.45, 7) is 2.01. The number of nitrogens with zero attached hydrogens (tertiary/aromatic N) is 4. The molecule has 9 nitrogen and oxygen atoms in total. The number of hydrogen-bond acceptors (Lipinski definition) is 4. The van der Waals surface area contributed by atoms with Gasteiger partial charge in [-0.05, 0) is 81.9 Å². The molecule has 2 saturated heterocycles. The lowest BCUT2D eigenvalue weighted by Crippen LogP contribution is -2.59. The highest BCUT2D eigenvalue weighted by Crippen LogP contribution is 2.34. The Labute approximate surface area is 257 Å². The third-order valence-corrected chi connectivity index (χ3v) is 9.91. The van der Waals surface area contributed by atoms with E-state index in [1.807, 2.05) is 40.1 Å². The van der Waals surface area contributed by atoms with Crippen molar-refractivity contribution in [1.82, 2.24) is 19.6 Å². The summed E-state index contributed by atoms with van der Waals surface area (Å²) in [4.78, 5) is 47.5. The van der Waals surface area contributed by atoms with Crippen molar-refractivity contribution in [2.75, 3.05) is 45.6 Å². The molecule has 0 bridgehead atoms. The Morgan fingerprint density at radius 3 is 2.45 bits per heavy atom. The zero-order valence-electron chi connectivity index (χ0n) is 24.1. The van der Waals surface area contributed by atoms with E-state index < -0.39 is 18.1 Å². The highest BCUT2D eigenvalue weighted by Gasteiger charge is 2.44. The minimum atomic E-state index is -1.05. The molecule has 3 atom stereocenters. The molecule has 5 rings (SSSR count). The van der Waals surface area contributed by atoms with Crippen molar-refractivity contribution in [3.8, 4) is 0 Å². The topological polar surface area (TPSA) is 96.4 Å². The molecule has 0 aromatic heterocycles. The van der Waals surface area contributed by atoms with Gasteiger partial charge in [-0.15, -0.1) is 0 Å². The van der Waals surface area contributed by atoms with Gasteiger partial charge in [-0.1, -0.05) is 47.5 Å². The van der Waals surface area contributed by atoms with Crippen LogP contribution < -0.4 is 5.32 Å². The highest BCUT2D eigenvalue weighted by atomic mass is 35.5. The average molecular weight is 617 g/mol. The minimum absolute atomic E-state index is 0.0529. The first kappa shape index (κ1) is 30.4. The maximum Gasteiger partial charge on any atom is 0.407 e. The number of amides is 4. The Balaban J connectivity index is 1.43. The standard InChI is InChI=1S/C31H39Cl2N5O4/c1-35(2)22-10-13-36(14-11-22)29(39)24(17-20-7-8-25(32)26(33)18-20)28-19-23(12-16-38(28)31(41)42)37-15-9-21-5-3-4-6-27(21)34-30(37)40/h3-8,18,22-24,28H,9-17,19H2,1-2H3,(H,34,40)(H,41,42)/t23?,24?,28-/m1/s1. The number of nitrogens with one attached hydrogen (secondary N) is 1. The second kappa shape index (κ2) is 13.1. The molecule has 2 unspecified atom stereocenters. The van der Waals surface area contributed by atoms with Gasteiger partial charge in [0.15, 0.2) is 0 Å². The molecule has 3 heterocycles. The second-order valence-corrected chi connectivity index (χ2v) is 12.6. The molecule has 42 heavy (non-hydrogen) atoms. The number of hydrogen-bond donors (Lipinski definition) is 2. The lowest BCUT2D eigenvalue weighted by atomic mass is 9.82. The SMILES string of the molecule is CN(C)C1CCN(C(=O)C(Cc2ccc(Cl)c(Cl)c2)[C@H]2CC(N3CCc4ccccc4NC3=O)CCN2C(=O)O)CC1. The van der Waals surface area contributed by atoms with Crippen LogP contribution in [0.25, 0.3) is 0 Å². The lowest BCUT2D eigenvalue weighted by Gasteiger charge is -2.46. The van der Waals surface area contributed by atoms with Crippen LogP contribution in [0, 0.1) is 5.92 Å². The number of carboxylic acid groups (broad SMARTS) is 1. The van der Waals surface area contributed by atoms with Gasteiger partial charge < -0.3 is 30.0 Å². The number of benzene rings is 2. The summed E-state index contributed by atoms with van der Waals surface area (Å²) in [5.74, 6) is -0.688. The van der Waals surface area contributed by atoms with Crippen LogP contribution in [-0.2, 0) is 17.6 Å². The number of carbonyl (C=O) groups excluding carboxylic acids is 2. The first-order valence-electron chi connectivity index (χ1n) is 14.7. The molecular weight excluding hydrogens is 577 g/mol. The maximum absolute atomic E-state index is 14.3. The molecule has 2 aromatic rings. The number of halogens is 2. The van der Waals surface area contributed by atoms with Crippen molar-refractivity contribution in [3.05, 3.63) is 63.6 Å². The number of likely N-dealkylation sites (tertiary alicyclic amines) is 2. The second-order valence-electron chi connectivity index (χ2n) is 11.8. The molecule has 2 fully saturated rings. The van der Waals surface area contributed by atoms with Gasteiger partial charge in [-0.2, -0.15) is 0 Å². The van der Waals surface area contributed by atoms with E-state index in [0.29, 0.717) is 61.4 Å². The quantitative estimate of drug-likeness (QED) is 0.459. The van der Waals surface area contributed by atoms with E-state index in [-0.39, 0.29) is 24.5 Å². The molecule has 226 valence electrons. The summed E-state index contributed by atoms with van der Waals surface area (Å²) in [5.41, 5.74) is 2.70. The fourth-order valence-corrected chi connectivity index (χ4v) is 7.08. The summed E-state index contributed by atoms with van der Waals surface area (Å²) in [6.07, 6.45) is 2.58. The van der Waals surface area contributed by atoms with Crippen LogP contribution in [0.3, 0.4) is 0 Å². The largest absolute Gasteiger partial charge is 0.465 e. The van der Waals surface area contributed by atoms with Crippen molar-refractivity contribution in [2.45, 2.75) is 56.7 Å². The van der Waals surface area contributed by atoms with Crippen LogP contribution >= 0.6 is 23.2 Å². The first-order valence-corrected chi connectivity index (χ1v) is 15.4. The van der Waals surface area contributed by atoms with E-state index in [4.69, 9.17) is 23.2 Å². The predicted molar refractivity (Wildman–Crippen MR) is 164 cm³/mol. The van der Waals surface area contributed by atoms with Gasteiger partial charge in [0.2, 0.25) is 5.91 Å².